The highest BCUT2D eigenvalue weighted by atomic mass is 16.5. The molecule has 0 N–H and O–H groups in total. The van der Waals surface area contributed by atoms with Crippen molar-refractivity contribution in [3.05, 3.63) is 30.7 Å². The number of rotatable bonds is 3. The lowest BCUT2D eigenvalue weighted by molar-refractivity contribution is 0.181. The zero-order valence-corrected chi connectivity index (χ0v) is 9.49. The van der Waals surface area contributed by atoms with Crippen LogP contribution in [0.1, 0.15) is 6.42 Å². The number of ether oxygens (including phenoxy) is 1. The van der Waals surface area contributed by atoms with E-state index in [4.69, 9.17) is 4.74 Å². The molecule has 0 radical (unpaired) electrons. The molecular weight excluding hydrogens is 216 g/mol. The van der Waals surface area contributed by atoms with E-state index in [1.807, 2.05) is 23.0 Å². The van der Waals surface area contributed by atoms with E-state index in [1.165, 1.54) is 0 Å². The van der Waals surface area contributed by atoms with Crippen LogP contribution in [0.25, 0.3) is 11.3 Å². The summed E-state index contributed by atoms with van der Waals surface area (Å²) in [5, 5.41) is 8.32. The van der Waals surface area contributed by atoms with Crippen LogP contribution in [0.3, 0.4) is 0 Å². The van der Waals surface area contributed by atoms with Gasteiger partial charge in [0.05, 0.1) is 12.8 Å². The van der Waals surface area contributed by atoms with Crippen LogP contribution in [-0.2, 0) is 11.3 Å². The normalized spacial score (nSPS) is 19.6. The second-order valence-electron chi connectivity index (χ2n) is 4.29. The van der Waals surface area contributed by atoms with Crippen LogP contribution in [0.4, 0.5) is 0 Å². The van der Waals surface area contributed by atoms with Gasteiger partial charge in [-0.15, -0.1) is 5.10 Å². The summed E-state index contributed by atoms with van der Waals surface area (Å²) >= 11 is 0. The maximum Gasteiger partial charge on any atom is 0.113 e. The molecule has 1 fully saturated rings. The molecule has 0 saturated carbocycles. The Labute approximate surface area is 99.4 Å². The molecule has 5 nitrogen and oxygen atoms in total. The standard InChI is InChI=1S/C12H14N4O/c1-4-13-5-2-11(1)12-8-16(15-14-12)7-10-3-6-17-9-10/h1-2,4-5,8,10H,3,6-7,9H2. The van der Waals surface area contributed by atoms with Crippen molar-refractivity contribution in [1.29, 1.82) is 0 Å². The smallest absolute Gasteiger partial charge is 0.113 e. The van der Waals surface area contributed by atoms with Crippen molar-refractivity contribution < 1.29 is 4.74 Å². The zero-order valence-electron chi connectivity index (χ0n) is 9.49. The molecule has 88 valence electrons. The fourth-order valence-electron chi connectivity index (χ4n) is 2.03. The number of pyridine rings is 1. The van der Waals surface area contributed by atoms with Gasteiger partial charge in [-0.05, 0) is 18.6 Å². The van der Waals surface area contributed by atoms with Gasteiger partial charge in [-0.25, -0.2) is 0 Å². The first-order valence-corrected chi connectivity index (χ1v) is 5.80. The number of aromatic nitrogens is 4. The van der Waals surface area contributed by atoms with Gasteiger partial charge in [0.2, 0.25) is 0 Å². The van der Waals surface area contributed by atoms with Crippen LogP contribution in [0, 0.1) is 5.92 Å². The summed E-state index contributed by atoms with van der Waals surface area (Å²) in [6.07, 6.45) is 6.62. The van der Waals surface area contributed by atoms with E-state index in [0.717, 1.165) is 37.4 Å². The average molecular weight is 230 g/mol. The van der Waals surface area contributed by atoms with Gasteiger partial charge < -0.3 is 4.74 Å². The van der Waals surface area contributed by atoms with Crippen LogP contribution in [0.2, 0.25) is 0 Å². The van der Waals surface area contributed by atoms with Crippen LogP contribution >= 0.6 is 0 Å². The molecule has 3 rings (SSSR count). The lowest BCUT2D eigenvalue weighted by Gasteiger charge is -2.05. The predicted molar refractivity (Wildman–Crippen MR) is 62.2 cm³/mol. The predicted octanol–water partition coefficient (Wildman–Crippen LogP) is 1.38. The first-order chi connectivity index (χ1) is 8.42. The maximum atomic E-state index is 5.35. The molecule has 0 aromatic carbocycles. The molecule has 3 heterocycles. The van der Waals surface area contributed by atoms with Gasteiger partial charge in [0.1, 0.15) is 5.69 Å². The molecule has 1 aliphatic rings. The molecular formula is C12H14N4O. The molecule has 2 aromatic heterocycles. The second kappa shape index (κ2) is 4.63. The van der Waals surface area contributed by atoms with E-state index in [2.05, 4.69) is 15.3 Å². The molecule has 1 saturated heterocycles. The SMILES string of the molecule is c1cc(-c2cn(CC3CCOC3)nn2)ccn1. The van der Waals surface area contributed by atoms with Crippen molar-refractivity contribution in [3.63, 3.8) is 0 Å². The van der Waals surface area contributed by atoms with Crippen LogP contribution < -0.4 is 0 Å². The summed E-state index contributed by atoms with van der Waals surface area (Å²) in [7, 11) is 0. The molecule has 0 amide bonds. The van der Waals surface area contributed by atoms with Crippen molar-refractivity contribution in [2.24, 2.45) is 5.92 Å². The highest BCUT2D eigenvalue weighted by Gasteiger charge is 2.16. The van der Waals surface area contributed by atoms with Crippen LogP contribution in [-0.4, -0.2) is 33.2 Å². The molecule has 5 heteroatoms. The molecule has 17 heavy (non-hydrogen) atoms. The van der Waals surface area contributed by atoms with Gasteiger partial charge >= 0.3 is 0 Å². The molecule has 0 aliphatic carbocycles. The minimum Gasteiger partial charge on any atom is -0.381 e. The lowest BCUT2D eigenvalue weighted by Crippen LogP contribution is -2.10. The van der Waals surface area contributed by atoms with E-state index in [0.29, 0.717) is 5.92 Å². The third kappa shape index (κ3) is 2.34. The monoisotopic (exact) mass is 230 g/mol. The lowest BCUT2D eigenvalue weighted by atomic mass is 10.1. The van der Waals surface area contributed by atoms with Crippen molar-refractivity contribution in [2.45, 2.75) is 13.0 Å². The number of hydrogen-bond acceptors (Lipinski definition) is 4. The minimum atomic E-state index is 0.571. The minimum absolute atomic E-state index is 0.571. The summed E-state index contributed by atoms with van der Waals surface area (Å²) in [4.78, 5) is 3.99. The number of nitrogens with zero attached hydrogens (tertiary/aromatic N) is 4. The molecule has 1 aliphatic heterocycles. The third-order valence-electron chi connectivity index (χ3n) is 2.98. The fourth-order valence-corrected chi connectivity index (χ4v) is 2.03. The Morgan fingerprint density at radius 2 is 2.24 bits per heavy atom. The molecule has 2 aromatic rings. The van der Waals surface area contributed by atoms with E-state index in [9.17, 15) is 0 Å². The first-order valence-electron chi connectivity index (χ1n) is 5.80. The van der Waals surface area contributed by atoms with Crippen molar-refractivity contribution in [2.75, 3.05) is 13.2 Å². The first kappa shape index (κ1) is 10.4. The van der Waals surface area contributed by atoms with Gasteiger partial charge in [0.15, 0.2) is 0 Å². The van der Waals surface area contributed by atoms with E-state index >= 15 is 0 Å². The quantitative estimate of drug-likeness (QED) is 0.799. The van der Waals surface area contributed by atoms with Crippen LogP contribution in [0.15, 0.2) is 30.7 Å². The highest BCUT2D eigenvalue weighted by molar-refractivity contribution is 5.56. The fraction of sp³-hybridized carbons (Fsp3) is 0.417. The third-order valence-corrected chi connectivity index (χ3v) is 2.98. The summed E-state index contributed by atoms with van der Waals surface area (Å²) < 4.78 is 7.25. The largest absolute Gasteiger partial charge is 0.381 e. The Morgan fingerprint density at radius 1 is 1.35 bits per heavy atom. The second-order valence-corrected chi connectivity index (χ2v) is 4.29. The van der Waals surface area contributed by atoms with Crippen molar-refractivity contribution in [1.82, 2.24) is 20.0 Å². The van der Waals surface area contributed by atoms with Gasteiger partial charge in [0, 0.05) is 37.0 Å². The molecule has 1 atom stereocenters. The molecule has 0 bridgehead atoms. The Hall–Kier alpha value is -1.75. The van der Waals surface area contributed by atoms with E-state index < -0.39 is 0 Å². The Bertz CT molecular complexity index is 476. The summed E-state index contributed by atoms with van der Waals surface area (Å²) in [5.41, 5.74) is 1.94. The maximum absolute atomic E-state index is 5.35. The molecule has 0 spiro atoms. The number of hydrogen-bond donors (Lipinski definition) is 0. The van der Waals surface area contributed by atoms with Gasteiger partial charge in [-0.1, -0.05) is 5.21 Å². The summed E-state index contributed by atoms with van der Waals surface area (Å²) in [6.45, 7) is 2.60. The van der Waals surface area contributed by atoms with Gasteiger partial charge in [-0.2, -0.15) is 0 Å². The Morgan fingerprint density at radius 3 is 3.00 bits per heavy atom. The van der Waals surface area contributed by atoms with Gasteiger partial charge in [0.25, 0.3) is 0 Å². The topological polar surface area (TPSA) is 52.8 Å². The summed E-state index contributed by atoms with van der Waals surface area (Å²) in [5.74, 6) is 0.571. The van der Waals surface area contributed by atoms with E-state index in [1.54, 1.807) is 12.4 Å². The molecule has 1 unspecified atom stereocenters. The average Bonchev–Trinajstić information content (AvgIpc) is 3.02. The highest BCUT2D eigenvalue weighted by Crippen LogP contribution is 2.17. The Balaban J connectivity index is 1.74. The van der Waals surface area contributed by atoms with Gasteiger partial charge in [-0.3, -0.25) is 9.67 Å². The van der Waals surface area contributed by atoms with Crippen molar-refractivity contribution in [3.8, 4) is 11.3 Å². The summed E-state index contributed by atoms with van der Waals surface area (Å²) in [6, 6.07) is 3.88. The van der Waals surface area contributed by atoms with Crippen LogP contribution in [0.5, 0.6) is 0 Å². The Kier molecular flexibility index (Phi) is 2.83. The van der Waals surface area contributed by atoms with E-state index in [-0.39, 0.29) is 0 Å². The van der Waals surface area contributed by atoms with Crippen molar-refractivity contribution >= 4 is 0 Å². The zero-order chi connectivity index (χ0) is 11.5.